The minimum atomic E-state index is -0.293. The van der Waals surface area contributed by atoms with Crippen LogP contribution in [0.25, 0.3) is 10.6 Å². The number of fused-ring (bicyclic) bond motifs is 3. The Kier molecular flexibility index (Phi) is 4.10. The summed E-state index contributed by atoms with van der Waals surface area (Å²) in [7, 11) is 0. The molecule has 0 spiro atoms. The van der Waals surface area contributed by atoms with Crippen LogP contribution in [0, 0.1) is 0 Å². The van der Waals surface area contributed by atoms with Gasteiger partial charge in [0.2, 0.25) is 0 Å². The second kappa shape index (κ2) is 6.02. The van der Waals surface area contributed by atoms with Crippen LogP contribution < -0.4 is 0 Å². The average molecular weight is 304 g/mol. The Balaban J connectivity index is 1.97. The van der Waals surface area contributed by atoms with Gasteiger partial charge in [0, 0.05) is 18.5 Å². The molecule has 21 heavy (non-hydrogen) atoms. The van der Waals surface area contributed by atoms with E-state index in [1.54, 1.807) is 11.3 Å². The van der Waals surface area contributed by atoms with Gasteiger partial charge in [-0.2, -0.15) is 5.10 Å². The minimum Gasteiger partial charge on any atom is -0.461 e. The molecule has 0 aliphatic heterocycles. The lowest BCUT2D eigenvalue weighted by Crippen LogP contribution is -2.09. The third-order valence-corrected chi connectivity index (χ3v) is 4.79. The van der Waals surface area contributed by atoms with Gasteiger partial charge in [-0.15, -0.1) is 11.3 Å². The minimum absolute atomic E-state index is 0.293. The molecule has 0 atom stereocenters. The number of esters is 1. The van der Waals surface area contributed by atoms with Crippen molar-refractivity contribution in [1.29, 1.82) is 0 Å². The van der Waals surface area contributed by atoms with Crippen molar-refractivity contribution in [3.05, 3.63) is 28.3 Å². The highest BCUT2D eigenvalue weighted by atomic mass is 32.1. The van der Waals surface area contributed by atoms with E-state index in [0.29, 0.717) is 12.3 Å². The van der Waals surface area contributed by atoms with Gasteiger partial charge in [-0.25, -0.2) is 4.79 Å². The summed E-state index contributed by atoms with van der Waals surface area (Å²) >= 11 is 1.73. The van der Waals surface area contributed by atoms with Crippen molar-refractivity contribution in [2.24, 2.45) is 0 Å². The van der Waals surface area contributed by atoms with E-state index in [1.807, 2.05) is 11.6 Å². The molecular weight excluding hydrogens is 284 g/mol. The quantitative estimate of drug-likeness (QED) is 0.513. The van der Waals surface area contributed by atoms with Crippen LogP contribution in [0.3, 0.4) is 0 Å². The summed E-state index contributed by atoms with van der Waals surface area (Å²) in [5, 5.41) is 6.66. The molecule has 0 aromatic carbocycles. The molecule has 2 heterocycles. The zero-order valence-corrected chi connectivity index (χ0v) is 13.3. The second-order valence-electron chi connectivity index (χ2n) is 5.28. The van der Waals surface area contributed by atoms with Crippen LogP contribution in [0.2, 0.25) is 0 Å². The number of aromatic nitrogens is 2. The van der Waals surface area contributed by atoms with E-state index in [1.165, 1.54) is 23.3 Å². The van der Waals surface area contributed by atoms with Crippen LogP contribution in [0.5, 0.6) is 0 Å². The number of nitrogens with zero attached hydrogens (tertiary/aromatic N) is 2. The Morgan fingerprint density at radius 1 is 1.43 bits per heavy atom. The first-order valence-electron chi connectivity index (χ1n) is 7.59. The molecular formula is C16H20N2O2S. The Bertz CT molecular complexity index is 657. The van der Waals surface area contributed by atoms with Crippen molar-refractivity contribution in [3.8, 4) is 10.6 Å². The number of hydrogen-bond acceptors (Lipinski definition) is 4. The molecule has 0 fully saturated rings. The van der Waals surface area contributed by atoms with Crippen molar-refractivity contribution < 1.29 is 9.53 Å². The number of thiophene rings is 1. The summed E-state index contributed by atoms with van der Waals surface area (Å²) in [5.41, 5.74) is 4.00. The lowest BCUT2D eigenvalue weighted by molar-refractivity contribution is 0.0517. The van der Waals surface area contributed by atoms with Gasteiger partial charge in [0.05, 0.1) is 17.2 Å². The van der Waals surface area contributed by atoms with E-state index < -0.39 is 0 Å². The zero-order chi connectivity index (χ0) is 14.8. The first-order valence-corrected chi connectivity index (χ1v) is 8.47. The van der Waals surface area contributed by atoms with Gasteiger partial charge >= 0.3 is 5.97 Å². The number of ether oxygens (including phenoxy) is 1. The van der Waals surface area contributed by atoms with Gasteiger partial charge in [-0.05, 0) is 30.4 Å². The summed E-state index contributed by atoms with van der Waals surface area (Å²) < 4.78 is 7.17. The molecule has 0 saturated heterocycles. The van der Waals surface area contributed by atoms with Gasteiger partial charge in [-0.3, -0.25) is 4.68 Å². The molecule has 2 aromatic heterocycles. The van der Waals surface area contributed by atoms with Crippen molar-refractivity contribution in [2.45, 2.75) is 46.1 Å². The summed E-state index contributed by atoms with van der Waals surface area (Å²) in [4.78, 5) is 13.4. The molecule has 1 aliphatic carbocycles. The third-order valence-electron chi connectivity index (χ3n) is 3.82. The topological polar surface area (TPSA) is 44.1 Å². The lowest BCUT2D eigenvalue weighted by atomic mass is 10.1. The van der Waals surface area contributed by atoms with Crippen LogP contribution in [0.1, 0.15) is 54.7 Å². The van der Waals surface area contributed by atoms with Crippen LogP contribution in [0.15, 0.2) is 11.4 Å². The summed E-state index contributed by atoms with van der Waals surface area (Å²) in [6.07, 6.45) is 4.25. The number of carbonyl (C=O) groups excluding carboxylic acids is 1. The predicted octanol–water partition coefficient (Wildman–Crippen LogP) is 3.88. The van der Waals surface area contributed by atoms with Crippen LogP contribution >= 0.6 is 11.3 Å². The molecule has 0 N–H and O–H groups in total. The average Bonchev–Trinajstić information content (AvgIpc) is 3.10. The maximum atomic E-state index is 12.1. The first-order chi connectivity index (χ1) is 10.3. The Morgan fingerprint density at radius 2 is 2.29 bits per heavy atom. The van der Waals surface area contributed by atoms with Gasteiger partial charge in [0.15, 0.2) is 5.69 Å². The Morgan fingerprint density at radius 3 is 3.05 bits per heavy atom. The van der Waals surface area contributed by atoms with Crippen LogP contribution in [0.4, 0.5) is 0 Å². The molecule has 3 rings (SSSR count). The normalized spacial score (nSPS) is 12.3. The van der Waals surface area contributed by atoms with Crippen molar-refractivity contribution in [1.82, 2.24) is 9.78 Å². The Labute approximate surface area is 128 Å². The molecule has 5 heteroatoms. The molecule has 1 aliphatic rings. The highest BCUT2D eigenvalue weighted by molar-refractivity contribution is 7.13. The number of aryl methyl sites for hydroxylation is 1. The van der Waals surface area contributed by atoms with Gasteiger partial charge < -0.3 is 4.74 Å². The second-order valence-corrected chi connectivity index (χ2v) is 6.19. The maximum Gasteiger partial charge on any atom is 0.359 e. The van der Waals surface area contributed by atoms with E-state index in [4.69, 9.17) is 4.74 Å². The molecule has 0 radical (unpaired) electrons. The smallest absolute Gasteiger partial charge is 0.359 e. The SMILES string of the molecule is CCCCCn1nc(C(=O)OCC)c2c1-c1sccc1C2. The largest absolute Gasteiger partial charge is 0.461 e. The number of rotatable bonds is 6. The van der Waals surface area contributed by atoms with Crippen molar-refractivity contribution in [2.75, 3.05) is 6.61 Å². The Hall–Kier alpha value is -1.62. The molecule has 4 nitrogen and oxygen atoms in total. The van der Waals surface area contributed by atoms with E-state index in [0.717, 1.165) is 30.6 Å². The van der Waals surface area contributed by atoms with E-state index in [-0.39, 0.29) is 5.97 Å². The maximum absolute atomic E-state index is 12.1. The fourth-order valence-electron chi connectivity index (χ4n) is 2.83. The van der Waals surface area contributed by atoms with Crippen LogP contribution in [-0.4, -0.2) is 22.4 Å². The van der Waals surface area contributed by atoms with Gasteiger partial charge in [-0.1, -0.05) is 19.8 Å². The fourth-order valence-corrected chi connectivity index (χ4v) is 3.83. The summed E-state index contributed by atoms with van der Waals surface area (Å²) in [6.45, 7) is 5.27. The highest BCUT2D eigenvalue weighted by Crippen LogP contribution is 2.42. The zero-order valence-electron chi connectivity index (χ0n) is 12.5. The summed E-state index contributed by atoms with van der Waals surface area (Å²) in [5.74, 6) is -0.293. The molecule has 0 unspecified atom stereocenters. The fraction of sp³-hybridized carbons (Fsp3) is 0.500. The number of unbranched alkanes of at least 4 members (excludes halogenated alkanes) is 2. The van der Waals surface area contributed by atoms with Crippen molar-refractivity contribution >= 4 is 17.3 Å². The highest BCUT2D eigenvalue weighted by Gasteiger charge is 2.31. The molecule has 0 saturated carbocycles. The van der Waals surface area contributed by atoms with Crippen molar-refractivity contribution in [3.63, 3.8) is 0 Å². The predicted molar refractivity (Wildman–Crippen MR) is 83.8 cm³/mol. The van der Waals surface area contributed by atoms with E-state index >= 15 is 0 Å². The van der Waals surface area contributed by atoms with Gasteiger partial charge in [0.1, 0.15) is 0 Å². The third kappa shape index (κ3) is 2.50. The number of hydrogen-bond donors (Lipinski definition) is 0. The van der Waals surface area contributed by atoms with E-state index in [9.17, 15) is 4.79 Å². The van der Waals surface area contributed by atoms with E-state index in [2.05, 4.69) is 23.5 Å². The molecule has 0 bridgehead atoms. The standard InChI is InChI=1S/C16H20N2O2S/c1-3-5-6-8-18-14-12(10-11-7-9-21-15(11)14)13(17-18)16(19)20-4-2/h7,9H,3-6,8,10H2,1-2H3. The van der Waals surface area contributed by atoms with Gasteiger partial charge in [0.25, 0.3) is 0 Å². The molecule has 112 valence electrons. The first kappa shape index (κ1) is 14.3. The number of carbonyl (C=O) groups is 1. The van der Waals surface area contributed by atoms with Crippen LogP contribution in [-0.2, 0) is 17.7 Å². The molecule has 0 amide bonds. The summed E-state index contributed by atoms with van der Waals surface area (Å²) in [6, 6.07) is 2.14. The lowest BCUT2D eigenvalue weighted by Gasteiger charge is -2.05. The monoisotopic (exact) mass is 304 g/mol. The molecule has 2 aromatic rings.